The van der Waals surface area contributed by atoms with Gasteiger partial charge in [-0.1, -0.05) is 0 Å². The molecule has 0 aliphatic heterocycles. The second-order valence-electron chi connectivity index (χ2n) is 0.286. The molecule has 0 saturated heterocycles. The zero-order valence-electron chi connectivity index (χ0n) is 1.85. The molecule has 0 aromatic rings. The van der Waals surface area contributed by atoms with Crippen LogP contribution in [0.25, 0.3) is 0 Å². The van der Waals surface area contributed by atoms with E-state index in [1.807, 2.05) is 0 Å². The van der Waals surface area contributed by atoms with Crippen molar-refractivity contribution in [1.82, 2.24) is 0 Å². The van der Waals surface area contributed by atoms with Gasteiger partial charge in [-0.25, -0.2) is 0 Å². The van der Waals surface area contributed by atoms with Crippen molar-refractivity contribution in [1.29, 1.82) is 0 Å². The van der Waals surface area contributed by atoms with Gasteiger partial charge in [0.05, 0.1) is 0 Å². The molecule has 0 atom stereocenters. The van der Waals surface area contributed by atoms with Crippen LogP contribution in [0.15, 0.2) is 0 Å². The predicted molar refractivity (Wildman–Crippen MR) is 4.43 cm³/mol. The van der Waals surface area contributed by atoms with Gasteiger partial charge in [-0.3, -0.25) is 0 Å². The molecule has 0 rings (SSSR count). The summed E-state index contributed by atoms with van der Waals surface area (Å²) in [7, 11) is 0. The summed E-state index contributed by atoms with van der Waals surface area (Å²) < 4.78 is 39.2. The summed E-state index contributed by atoms with van der Waals surface area (Å²) in [5, 5.41) is 0. The van der Waals surface area contributed by atoms with Crippen LogP contribution in [-0.2, 0) is 14.4 Å². The van der Waals surface area contributed by atoms with Crippen molar-refractivity contribution in [3.63, 3.8) is 0 Å². The standard InChI is InChI=1S/Co.4FH/h;4*1H/q+4;;;;/p-4. The van der Waals surface area contributed by atoms with Crippen molar-refractivity contribution >= 4 is 0 Å². The Morgan fingerprint density at radius 2 is 0.800 bits per heavy atom. The first-order valence-corrected chi connectivity index (χ1v) is 2.08. The predicted octanol–water partition coefficient (Wildman–Crippen LogP) is 1.68. The van der Waals surface area contributed by atoms with Crippen LogP contribution < -0.4 is 0 Å². The van der Waals surface area contributed by atoms with Crippen LogP contribution in [0.5, 0.6) is 0 Å². The van der Waals surface area contributed by atoms with Crippen molar-refractivity contribution in [3.8, 4) is 0 Å². The molecule has 0 aliphatic rings. The Balaban J connectivity index is 3.02. The summed E-state index contributed by atoms with van der Waals surface area (Å²) in [6.45, 7) is 0. The number of halogens is 4. The van der Waals surface area contributed by atoms with E-state index in [9.17, 15) is 14.3 Å². The first kappa shape index (κ1) is 5.23. The Hall–Kier alpha value is 0.226. The van der Waals surface area contributed by atoms with Gasteiger partial charge >= 0.3 is 28.7 Å². The first-order valence-electron chi connectivity index (χ1n) is 0.504. The molecule has 0 amide bonds. The molecule has 5 heavy (non-hydrogen) atoms. The third kappa shape index (κ3) is 408. The summed E-state index contributed by atoms with van der Waals surface area (Å²) in [4.78, 5) is 0. The van der Waals surface area contributed by atoms with Crippen LogP contribution in [-0.4, -0.2) is 0 Å². The van der Waals surface area contributed by atoms with Crippen molar-refractivity contribution < 1.29 is 28.7 Å². The van der Waals surface area contributed by atoms with Crippen molar-refractivity contribution in [2.45, 2.75) is 0 Å². The zero-order chi connectivity index (χ0) is 4.50. The van der Waals surface area contributed by atoms with E-state index < -0.39 is 14.4 Å². The van der Waals surface area contributed by atoms with Crippen LogP contribution in [0, 0.1) is 0 Å². The molecule has 0 bridgehead atoms. The minimum absolute atomic E-state index is 6.38. The maximum absolute atomic E-state index is 9.80. The van der Waals surface area contributed by atoms with Crippen molar-refractivity contribution in [2.75, 3.05) is 0 Å². The van der Waals surface area contributed by atoms with E-state index in [1.54, 1.807) is 0 Å². The average molecular weight is 135 g/mol. The monoisotopic (exact) mass is 135 g/mol. The van der Waals surface area contributed by atoms with Gasteiger partial charge in [0, 0.05) is 0 Å². The molecule has 0 aromatic heterocycles. The van der Waals surface area contributed by atoms with Crippen LogP contribution >= 0.6 is 0 Å². The Bertz CT molecular complexity index is 19.1. The Kier molecular flexibility index (Phi) is 1.19. The van der Waals surface area contributed by atoms with Gasteiger partial charge in [-0.2, -0.15) is 0 Å². The second kappa shape index (κ2) is 1.13. The van der Waals surface area contributed by atoms with Crippen molar-refractivity contribution in [3.05, 3.63) is 0 Å². The fourth-order valence-corrected chi connectivity index (χ4v) is 0. The van der Waals surface area contributed by atoms with Crippen molar-refractivity contribution in [2.24, 2.45) is 0 Å². The molecular formula is CoF4. The Morgan fingerprint density at radius 1 is 0.800 bits per heavy atom. The number of hydrogen-bond acceptors (Lipinski definition) is 0. The number of rotatable bonds is 0. The molecule has 5 heteroatoms. The third-order valence-corrected chi connectivity index (χ3v) is 0. The SMILES string of the molecule is [F][Co]([F])([F])[F]. The van der Waals surface area contributed by atoms with Gasteiger partial charge in [-0.05, 0) is 0 Å². The fraction of sp³-hybridized carbons (Fsp3) is 0. The van der Waals surface area contributed by atoms with Crippen LogP contribution in [0.2, 0.25) is 0 Å². The molecule has 0 fully saturated rings. The van der Waals surface area contributed by atoms with Crippen LogP contribution in [0.3, 0.4) is 0 Å². The molecule has 0 radical (unpaired) electrons. The van der Waals surface area contributed by atoms with E-state index in [0.29, 0.717) is 0 Å². The summed E-state index contributed by atoms with van der Waals surface area (Å²) >= 11 is -6.38. The summed E-state index contributed by atoms with van der Waals surface area (Å²) in [6, 6.07) is 0. The normalized spacial score (nSPS) is 15.2. The second-order valence-corrected chi connectivity index (χ2v) is 1.18. The van der Waals surface area contributed by atoms with E-state index in [1.165, 1.54) is 0 Å². The van der Waals surface area contributed by atoms with E-state index in [4.69, 9.17) is 0 Å². The molecule has 0 saturated carbocycles. The zero-order valence-corrected chi connectivity index (χ0v) is 2.89. The first-order chi connectivity index (χ1) is 2.00. The van der Waals surface area contributed by atoms with Gasteiger partial charge in [0.2, 0.25) is 0 Å². The minimum atomic E-state index is -6.38. The Morgan fingerprint density at radius 3 is 0.800 bits per heavy atom. The van der Waals surface area contributed by atoms with Crippen LogP contribution in [0.1, 0.15) is 0 Å². The van der Waals surface area contributed by atoms with Gasteiger partial charge in [0.25, 0.3) is 0 Å². The summed E-state index contributed by atoms with van der Waals surface area (Å²) in [6.07, 6.45) is 0. The van der Waals surface area contributed by atoms with E-state index in [-0.39, 0.29) is 0 Å². The molecule has 0 nitrogen and oxygen atoms in total. The molecule has 0 unspecified atom stereocenters. The van der Waals surface area contributed by atoms with Gasteiger partial charge in [0.15, 0.2) is 0 Å². The number of hydrogen-bond donors (Lipinski definition) is 0. The molecule has 0 heterocycles. The Labute approximate surface area is 29.7 Å². The van der Waals surface area contributed by atoms with Gasteiger partial charge < -0.3 is 0 Å². The third-order valence-electron chi connectivity index (χ3n) is 0. The topological polar surface area (TPSA) is 0 Å². The molecule has 0 N–H and O–H groups in total. The van der Waals surface area contributed by atoms with E-state index in [0.717, 1.165) is 0 Å². The fourth-order valence-electron chi connectivity index (χ4n) is 0. The molecular weight excluding hydrogens is 135 g/mol. The molecule has 37 valence electrons. The van der Waals surface area contributed by atoms with E-state index in [2.05, 4.69) is 0 Å². The molecule has 0 spiro atoms. The summed E-state index contributed by atoms with van der Waals surface area (Å²) in [5.41, 5.74) is 0. The average Bonchev–Trinajstić information content (AvgIpc) is 0.722. The molecule has 0 aromatic carbocycles. The van der Waals surface area contributed by atoms with Gasteiger partial charge in [0.1, 0.15) is 0 Å². The molecule has 0 aliphatic carbocycles. The summed E-state index contributed by atoms with van der Waals surface area (Å²) in [5.74, 6) is 0. The van der Waals surface area contributed by atoms with E-state index >= 15 is 0 Å². The quantitative estimate of drug-likeness (QED) is 0.443. The van der Waals surface area contributed by atoms with Gasteiger partial charge in [-0.15, -0.1) is 0 Å². The van der Waals surface area contributed by atoms with Crippen LogP contribution in [0.4, 0.5) is 14.3 Å². The maximum atomic E-state index is 9.80.